The van der Waals surface area contributed by atoms with Gasteiger partial charge < -0.3 is 5.32 Å². The van der Waals surface area contributed by atoms with Crippen LogP contribution in [0.25, 0.3) is 0 Å². The molecule has 2 fully saturated rings. The molecule has 1 amide bonds. The first-order valence-electron chi connectivity index (χ1n) is 6.84. The lowest BCUT2D eigenvalue weighted by Crippen LogP contribution is -2.16. The van der Waals surface area contributed by atoms with E-state index in [4.69, 9.17) is 11.6 Å². The number of halogens is 2. The van der Waals surface area contributed by atoms with E-state index in [-0.39, 0.29) is 11.8 Å². The van der Waals surface area contributed by atoms with E-state index in [1.165, 1.54) is 25.7 Å². The molecule has 0 radical (unpaired) electrons. The molecular weight excluding hydrogens is 326 g/mol. The van der Waals surface area contributed by atoms with Crippen molar-refractivity contribution < 1.29 is 4.79 Å². The van der Waals surface area contributed by atoms with Crippen LogP contribution in [0.2, 0.25) is 5.02 Å². The third kappa shape index (κ3) is 2.55. The van der Waals surface area contributed by atoms with Crippen LogP contribution in [0.1, 0.15) is 31.2 Å². The number of amides is 1. The van der Waals surface area contributed by atoms with Crippen molar-refractivity contribution in [3.8, 4) is 0 Å². The average molecular weight is 343 g/mol. The number of carbonyl (C=O) groups excluding carboxylic acids is 1. The van der Waals surface area contributed by atoms with Crippen molar-refractivity contribution in [3.63, 3.8) is 0 Å². The van der Waals surface area contributed by atoms with Gasteiger partial charge in [-0.25, -0.2) is 0 Å². The second-order valence-electron chi connectivity index (χ2n) is 5.71. The van der Waals surface area contributed by atoms with Crippen LogP contribution in [0.15, 0.2) is 16.6 Å². The predicted molar refractivity (Wildman–Crippen MR) is 81.5 cm³/mol. The van der Waals surface area contributed by atoms with E-state index < -0.39 is 0 Å². The monoisotopic (exact) mass is 341 g/mol. The van der Waals surface area contributed by atoms with E-state index in [2.05, 4.69) is 21.2 Å². The lowest BCUT2D eigenvalue weighted by atomic mass is 10.0. The molecule has 0 spiro atoms. The molecule has 0 bridgehead atoms. The summed E-state index contributed by atoms with van der Waals surface area (Å²) in [6.07, 6.45) is 5.01. The minimum absolute atomic E-state index is 0.164. The maximum absolute atomic E-state index is 12.3. The summed E-state index contributed by atoms with van der Waals surface area (Å²) in [5, 5.41) is 3.71. The second kappa shape index (κ2) is 5.10. The first-order chi connectivity index (χ1) is 9.08. The summed E-state index contributed by atoms with van der Waals surface area (Å²) in [5.74, 6) is 1.66. The number of hydrogen-bond acceptors (Lipinski definition) is 1. The molecule has 2 unspecified atom stereocenters. The number of benzene rings is 1. The van der Waals surface area contributed by atoms with Gasteiger partial charge in [-0.05, 0) is 65.2 Å². The molecule has 3 rings (SSSR count). The van der Waals surface area contributed by atoms with Gasteiger partial charge in [0.25, 0.3) is 0 Å². The van der Waals surface area contributed by atoms with Gasteiger partial charge in [0.2, 0.25) is 5.91 Å². The minimum Gasteiger partial charge on any atom is -0.325 e. The van der Waals surface area contributed by atoms with Gasteiger partial charge in [0.15, 0.2) is 0 Å². The number of nitrogens with one attached hydrogen (secondary N) is 1. The fraction of sp³-hybridized carbons (Fsp3) is 0.533. The zero-order valence-electron chi connectivity index (χ0n) is 10.9. The van der Waals surface area contributed by atoms with Gasteiger partial charge in [0, 0.05) is 15.4 Å². The van der Waals surface area contributed by atoms with Crippen LogP contribution < -0.4 is 5.32 Å². The highest BCUT2D eigenvalue weighted by Gasteiger charge is 2.54. The Morgan fingerprint density at radius 3 is 2.58 bits per heavy atom. The summed E-state index contributed by atoms with van der Waals surface area (Å²) in [7, 11) is 0. The Hall–Kier alpha value is -0.540. The summed E-state index contributed by atoms with van der Waals surface area (Å²) in [5.41, 5.74) is 1.79. The quantitative estimate of drug-likeness (QED) is 0.823. The van der Waals surface area contributed by atoms with Crippen LogP contribution >= 0.6 is 27.5 Å². The third-order valence-electron chi connectivity index (χ3n) is 4.47. The lowest BCUT2D eigenvalue weighted by Gasteiger charge is -2.09. The first-order valence-corrected chi connectivity index (χ1v) is 8.01. The van der Waals surface area contributed by atoms with Crippen LogP contribution in [0, 0.1) is 24.7 Å². The number of carbonyl (C=O) groups is 1. The van der Waals surface area contributed by atoms with Crippen molar-refractivity contribution in [1.29, 1.82) is 0 Å². The van der Waals surface area contributed by atoms with Crippen LogP contribution in [0.4, 0.5) is 5.69 Å². The summed E-state index contributed by atoms with van der Waals surface area (Å²) in [6, 6.07) is 3.77. The molecule has 19 heavy (non-hydrogen) atoms. The number of fused-ring (bicyclic) bond motifs is 1. The molecule has 1 aromatic carbocycles. The average Bonchev–Trinajstić information content (AvgIpc) is 3.10. The normalized spacial score (nSPS) is 28.7. The Labute approximate surface area is 127 Å². The molecule has 0 aliphatic heterocycles. The molecule has 2 saturated carbocycles. The van der Waals surface area contributed by atoms with E-state index in [1.807, 2.05) is 19.1 Å². The summed E-state index contributed by atoms with van der Waals surface area (Å²) in [4.78, 5) is 12.3. The predicted octanol–water partition coefficient (Wildman–Crippen LogP) is 4.79. The van der Waals surface area contributed by atoms with Crippen molar-refractivity contribution in [2.45, 2.75) is 32.6 Å². The number of anilines is 1. The van der Waals surface area contributed by atoms with E-state index in [9.17, 15) is 4.79 Å². The molecule has 2 nitrogen and oxygen atoms in total. The molecule has 0 heterocycles. The van der Waals surface area contributed by atoms with Crippen LogP contribution in [0.5, 0.6) is 0 Å². The highest BCUT2D eigenvalue weighted by atomic mass is 79.9. The topological polar surface area (TPSA) is 29.1 Å². The van der Waals surface area contributed by atoms with Gasteiger partial charge in [-0.15, -0.1) is 0 Å². The maximum Gasteiger partial charge on any atom is 0.228 e. The first kappa shape index (κ1) is 13.4. The van der Waals surface area contributed by atoms with E-state index in [1.54, 1.807) is 0 Å². The fourth-order valence-electron chi connectivity index (χ4n) is 3.34. The van der Waals surface area contributed by atoms with E-state index in [0.29, 0.717) is 16.9 Å². The molecule has 2 aliphatic carbocycles. The molecule has 1 N–H and O–H groups in total. The molecule has 2 aliphatic rings. The molecule has 102 valence electrons. The molecule has 2 atom stereocenters. The van der Waals surface area contributed by atoms with E-state index in [0.717, 1.165) is 15.7 Å². The van der Waals surface area contributed by atoms with Gasteiger partial charge in [0.05, 0.1) is 5.69 Å². The second-order valence-corrected chi connectivity index (χ2v) is 6.97. The lowest BCUT2D eigenvalue weighted by molar-refractivity contribution is -0.117. The van der Waals surface area contributed by atoms with Gasteiger partial charge in [-0.2, -0.15) is 0 Å². The van der Waals surface area contributed by atoms with Crippen molar-refractivity contribution in [2.24, 2.45) is 17.8 Å². The van der Waals surface area contributed by atoms with Gasteiger partial charge in [0.1, 0.15) is 0 Å². The standard InChI is InChI=1S/C15H17BrClNO/c1-8-6-11(16)13(7-12(8)17)18-15(19)14-9-4-2-3-5-10(9)14/h6-7,9-10,14H,2-5H2,1H3,(H,18,19). The Balaban J connectivity index is 1.72. The third-order valence-corrected chi connectivity index (χ3v) is 5.53. The Kier molecular flexibility index (Phi) is 3.61. The molecular formula is C15H17BrClNO. The van der Waals surface area contributed by atoms with Crippen molar-refractivity contribution in [3.05, 3.63) is 27.2 Å². The highest BCUT2D eigenvalue weighted by molar-refractivity contribution is 9.10. The number of hydrogen-bond donors (Lipinski definition) is 1. The zero-order chi connectivity index (χ0) is 13.6. The maximum atomic E-state index is 12.3. The van der Waals surface area contributed by atoms with Crippen molar-refractivity contribution in [2.75, 3.05) is 5.32 Å². The summed E-state index contributed by atoms with van der Waals surface area (Å²) >= 11 is 9.60. The molecule has 1 aromatic rings. The largest absolute Gasteiger partial charge is 0.325 e. The van der Waals surface area contributed by atoms with Crippen molar-refractivity contribution >= 4 is 39.1 Å². The van der Waals surface area contributed by atoms with Crippen LogP contribution in [-0.2, 0) is 4.79 Å². The fourth-order valence-corrected chi connectivity index (χ4v) is 4.06. The van der Waals surface area contributed by atoms with Crippen molar-refractivity contribution in [1.82, 2.24) is 0 Å². The van der Waals surface area contributed by atoms with Crippen LogP contribution in [0.3, 0.4) is 0 Å². The number of rotatable bonds is 2. The minimum atomic E-state index is 0.164. The van der Waals surface area contributed by atoms with Crippen LogP contribution in [-0.4, -0.2) is 5.91 Å². The van der Waals surface area contributed by atoms with Gasteiger partial charge in [-0.1, -0.05) is 24.4 Å². The molecule has 0 aromatic heterocycles. The smallest absolute Gasteiger partial charge is 0.228 e. The SMILES string of the molecule is Cc1cc(Br)c(NC(=O)C2C3CCCCC32)cc1Cl. The molecule has 0 saturated heterocycles. The van der Waals surface area contributed by atoms with Gasteiger partial charge >= 0.3 is 0 Å². The zero-order valence-corrected chi connectivity index (χ0v) is 13.2. The molecule has 4 heteroatoms. The Morgan fingerprint density at radius 2 is 1.95 bits per heavy atom. The Bertz CT molecular complexity index is 519. The van der Waals surface area contributed by atoms with Gasteiger partial charge in [-0.3, -0.25) is 4.79 Å². The highest BCUT2D eigenvalue weighted by Crippen LogP contribution is 2.55. The number of aryl methyl sites for hydroxylation is 1. The Morgan fingerprint density at radius 1 is 1.32 bits per heavy atom. The summed E-state index contributed by atoms with van der Waals surface area (Å²) in [6.45, 7) is 1.95. The summed E-state index contributed by atoms with van der Waals surface area (Å²) < 4.78 is 0.895. The van der Waals surface area contributed by atoms with E-state index >= 15 is 0 Å².